The summed E-state index contributed by atoms with van der Waals surface area (Å²) in [6.07, 6.45) is 0. The standard InChI is InChI=1S/C18H23O6P/c1-6-21-11-14(18(2,3)4)15(20-5)12-8-7-9-13(10-12)16-17-23-25(19,22-16)24-17/h7-10H,6,11H2,1-5H3/b15-14-. The third kappa shape index (κ3) is 3.42. The summed E-state index contributed by atoms with van der Waals surface area (Å²) in [7, 11) is -1.72. The van der Waals surface area contributed by atoms with Crippen LogP contribution in [0.1, 0.15) is 38.8 Å². The summed E-state index contributed by atoms with van der Waals surface area (Å²) in [5.41, 5.74) is 2.54. The first kappa shape index (κ1) is 17.9. The van der Waals surface area contributed by atoms with Crippen molar-refractivity contribution in [3.8, 4) is 0 Å². The van der Waals surface area contributed by atoms with Crippen LogP contribution < -0.4 is 0 Å². The Morgan fingerprint density at radius 1 is 1.20 bits per heavy atom. The average molecular weight is 366 g/mol. The molecule has 3 aliphatic heterocycles. The van der Waals surface area contributed by atoms with Crippen molar-refractivity contribution in [2.75, 3.05) is 20.3 Å². The third-order valence-corrected chi connectivity index (χ3v) is 5.18. The van der Waals surface area contributed by atoms with Crippen LogP contribution in [-0.2, 0) is 27.6 Å². The first-order valence-corrected chi connectivity index (χ1v) is 9.63. The zero-order valence-electron chi connectivity index (χ0n) is 15.1. The molecule has 4 rings (SSSR count). The summed E-state index contributed by atoms with van der Waals surface area (Å²) in [5.74, 6) is 1.30. The lowest BCUT2D eigenvalue weighted by Crippen LogP contribution is -2.17. The number of benzene rings is 1. The Balaban J connectivity index is 2.01. The van der Waals surface area contributed by atoms with Crippen LogP contribution in [0.5, 0.6) is 0 Å². The van der Waals surface area contributed by atoms with E-state index in [1.54, 1.807) is 7.11 Å². The summed E-state index contributed by atoms with van der Waals surface area (Å²) >= 11 is 0. The summed E-state index contributed by atoms with van der Waals surface area (Å²) in [4.78, 5) is 0. The topological polar surface area (TPSA) is 63.2 Å². The molecule has 0 aliphatic carbocycles. The van der Waals surface area contributed by atoms with E-state index in [1.165, 1.54) is 0 Å². The van der Waals surface area contributed by atoms with Gasteiger partial charge in [-0.25, -0.2) is 0 Å². The van der Waals surface area contributed by atoms with Crippen LogP contribution in [0.4, 0.5) is 0 Å². The third-order valence-electron chi connectivity index (χ3n) is 4.00. The van der Waals surface area contributed by atoms with Crippen LogP contribution >= 0.6 is 7.82 Å². The van der Waals surface area contributed by atoms with E-state index < -0.39 is 7.82 Å². The van der Waals surface area contributed by atoms with Crippen LogP contribution in [0.2, 0.25) is 0 Å². The highest BCUT2D eigenvalue weighted by Gasteiger charge is 2.56. The highest BCUT2D eigenvalue weighted by atomic mass is 31.2. The molecule has 0 unspecified atom stereocenters. The molecule has 1 aromatic rings. The SMILES string of the molecule is CCOC/C(=C(/OC)c1cccc(C2=C3OP(=O)(O3)O2)c1)C(C)(C)C. The molecule has 3 heterocycles. The van der Waals surface area contributed by atoms with Gasteiger partial charge < -0.3 is 23.0 Å². The zero-order valence-corrected chi connectivity index (χ0v) is 16.0. The Morgan fingerprint density at radius 2 is 1.92 bits per heavy atom. The molecule has 1 aromatic carbocycles. The average Bonchev–Trinajstić information content (AvgIpc) is 3.04. The molecular formula is C18H23O6P. The van der Waals surface area contributed by atoms with Crippen molar-refractivity contribution in [3.63, 3.8) is 0 Å². The van der Waals surface area contributed by atoms with Gasteiger partial charge in [0.1, 0.15) is 5.76 Å². The molecule has 1 fully saturated rings. The lowest BCUT2D eigenvalue weighted by Gasteiger charge is -2.26. The van der Waals surface area contributed by atoms with E-state index >= 15 is 0 Å². The van der Waals surface area contributed by atoms with E-state index in [-0.39, 0.29) is 11.4 Å². The molecule has 1 saturated heterocycles. The van der Waals surface area contributed by atoms with Gasteiger partial charge in [-0.3, -0.25) is 0 Å². The lowest BCUT2D eigenvalue weighted by atomic mass is 9.84. The van der Waals surface area contributed by atoms with Crippen molar-refractivity contribution >= 4 is 19.3 Å². The first-order valence-electron chi connectivity index (χ1n) is 8.16. The fraction of sp³-hybridized carbons (Fsp3) is 0.444. The maximum Gasteiger partial charge on any atom is 0.652 e. The van der Waals surface area contributed by atoms with E-state index in [9.17, 15) is 4.57 Å². The Kier molecular flexibility index (Phi) is 4.60. The number of fused-ring (bicyclic) bond motifs is 1. The second-order valence-corrected chi connectivity index (χ2v) is 8.26. The van der Waals surface area contributed by atoms with Crippen molar-refractivity contribution < 1.29 is 27.6 Å². The quantitative estimate of drug-likeness (QED) is 0.525. The van der Waals surface area contributed by atoms with E-state index in [1.807, 2.05) is 31.2 Å². The molecule has 6 nitrogen and oxygen atoms in total. The molecule has 0 N–H and O–H groups in total. The summed E-state index contributed by atoms with van der Waals surface area (Å²) in [6, 6.07) is 7.58. The highest BCUT2D eigenvalue weighted by molar-refractivity contribution is 7.51. The van der Waals surface area contributed by atoms with Gasteiger partial charge in [0.25, 0.3) is 0 Å². The highest BCUT2D eigenvalue weighted by Crippen LogP contribution is 2.72. The molecule has 0 spiro atoms. The van der Waals surface area contributed by atoms with Gasteiger partial charge in [-0.15, -0.1) is 0 Å². The number of ether oxygens (including phenoxy) is 2. The Hall–Kier alpha value is -1.91. The minimum atomic E-state index is -3.36. The summed E-state index contributed by atoms with van der Waals surface area (Å²) < 4.78 is 38.4. The van der Waals surface area contributed by atoms with Gasteiger partial charge in [0.2, 0.25) is 5.76 Å². The fourth-order valence-corrected chi connectivity index (χ4v) is 3.76. The number of methoxy groups -OCH3 is 1. The Bertz CT molecular complexity index is 775. The minimum absolute atomic E-state index is 0.124. The smallest absolute Gasteiger partial charge is 0.496 e. The van der Waals surface area contributed by atoms with Crippen molar-refractivity contribution in [3.05, 3.63) is 46.9 Å². The number of phosphoric acid groups is 1. The van der Waals surface area contributed by atoms with Gasteiger partial charge in [-0.05, 0) is 18.4 Å². The molecule has 2 bridgehead atoms. The second-order valence-electron chi connectivity index (χ2n) is 6.82. The summed E-state index contributed by atoms with van der Waals surface area (Å²) in [6.45, 7) is 9.45. The van der Waals surface area contributed by atoms with Crippen LogP contribution in [0.15, 0.2) is 35.8 Å². The van der Waals surface area contributed by atoms with Crippen LogP contribution in [-0.4, -0.2) is 20.3 Å². The molecule has 25 heavy (non-hydrogen) atoms. The molecular weight excluding hydrogens is 343 g/mol. The summed E-state index contributed by atoms with van der Waals surface area (Å²) in [5, 5.41) is 0. The second kappa shape index (κ2) is 6.43. The fourth-order valence-electron chi connectivity index (χ4n) is 2.69. The van der Waals surface area contributed by atoms with Crippen molar-refractivity contribution in [1.82, 2.24) is 0 Å². The molecule has 7 heteroatoms. The Labute approximate surface area is 148 Å². The Morgan fingerprint density at radius 3 is 2.44 bits per heavy atom. The number of hydrogen-bond donors (Lipinski definition) is 0. The van der Waals surface area contributed by atoms with Gasteiger partial charge >= 0.3 is 13.8 Å². The number of rotatable bonds is 6. The maximum atomic E-state index is 11.7. The van der Waals surface area contributed by atoms with Gasteiger partial charge in [-0.1, -0.05) is 39.0 Å². The largest absolute Gasteiger partial charge is 0.652 e. The first-order chi connectivity index (χ1) is 11.8. The number of hydrogen-bond acceptors (Lipinski definition) is 6. The molecule has 0 atom stereocenters. The molecule has 136 valence electrons. The normalized spacial score (nSPS) is 18.6. The van der Waals surface area contributed by atoms with E-state index in [0.717, 1.165) is 22.5 Å². The van der Waals surface area contributed by atoms with Crippen molar-refractivity contribution in [2.24, 2.45) is 5.41 Å². The molecule has 3 aliphatic rings. The molecule has 0 aromatic heterocycles. The van der Waals surface area contributed by atoms with Crippen molar-refractivity contribution in [2.45, 2.75) is 27.7 Å². The van der Waals surface area contributed by atoms with Crippen LogP contribution in [0.25, 0.3) is 11.5 Å². The predicted molar refractivity (Wildman–Crippen MR) is 94.1 cm³/mol. The monoisotopic (exact) mass is 366 g/mol. The molecule has 0 radical (unpaired) electrons. The van der Waals surface area contributed by atoms with Crippen molar-refractivity contribution in [1.29, 1.82) is 0 Å². The van der Waals surface area contributed by atoms with Gasteiger partial charge in [-0.2, -0.15) is 4.57 Å². The number of phosphoric ester groups is 1. The van der Waals surface area contributed by atoms with E-state index in [2.05, 4.69) is 20.8 Å². The van der Waals surface area contributed by atoms with Gasteiger partial charge in [0, 0.05) is 23.3 Å². The van der Waals surface area contributed by atoms with Crippen LogP contribution in [0.3, 0.4) is 0 Å². The zero-order chi connectivity index (χ0) is 18.2. The van der Waals surface area contributed by atoms with E-state index in [0.29, 0.717) is 19.0 Å². The predicted octanol–water partition coefficient (Wildman–Crippen LogP) is 4.94. The van der Waals surface area contributed by atoms with Crippen LogP contribution in [0, 0.1) is 5.41 Å². The lowest BCUT2D eigenvalue weighted by molar-refractivity contribution is 0.0985. The van der Waals surface area contributed by atoms with Gasteiger partial charge in [0.15, 0.2) is 0 Å². The van der Waals surface area contributed by atoms with Gasteiger partial charge in [0.05, 0.1) is 13.7 Å². The van der Waals surface area contributed by atoms with E-state index in [4.69, 9.17) is 23.0 Å². The molecule has 0 amide bonds. The maximum absolute atomic E-state index is 11.7. The molecule has 0 saturated carbocycles. The minimum Gasteiger partial charge on any atom is -0.496 e.